The molecule has 0 bridgehead atoms. The summed E-state index contributed by atoms with van der Waals surface area (Å²) in [5.74, 6) is 0.754. The summed E-state index contributed by atoms with van der Waals surface area (Å²) in [4.78, 5) is 16.0. The van der Waals surface area contributed by atoms with Crippen molar-refractivity contribution in [3.05, 3.63) is 17.7 Å². The molecule has 2 aliphatic heterocycles. The zero-order valence-corrected chi connectivity index (χ0v) is 17.6. The second-order valence-electron chi connectivity index (χ2n) is 8.55. The molecule has 29 heavy (non-hydrogen) atoms. The van der Waals surface area contributed by atoms with Crippen molar-refractivity contribution in [2.24, 2.45) is 0 Å². The molecule has 1 aromatic heterocycles. The van der Waals surface area contributed by atoms with E-state index < -0.39 is 11.9 Å². The second kappa shape index (κ2) is 10.4. The normalized spacial score (nSPS) is 19.0. The maximum absolute atomic E-state index is 13.2. The van der Waals surface area contributed by atoms with Gasteiger partial charge in [-0.2, -0.15) is 13.2 Å². The molecule has 0 aromatic carbocycles. The van der Waals surface area contributed by atoms with Crippen LogP contribution in [0.5, 0.6) is 0 Å². The average Bonchev–Trinajstić information content (AvgIpc) is 3.29. The molecular formula is C20H33F3N4O2. The van der Waals surface area contributed by atoms with Crippen LogP contribution < -0.4 is 5.32 Å². The summed E-state index contributed by atoms with van der Waals surface area (Å²) in [7, 11) is 0. The summed E-state index contributed by atoms with van der Waals surface area (Å²) in [5.41, 5.74) is -0.915. The van der Waals surface area contributed by atoms with Crippen molar-refractivity contribution in [1.29, 1.82) is 0 Å². The highest BCUT2D eigenvalue weighted by molar-refractivity contribution is 5.37. The third-order valence-corrected chi connectivity index (χ3v) is 5.12. The zero-order valence-electron chi connectivity index (χ0n) is 17.6. The molecular weight excluding hydrogens is 385 g/mol. The zero-order chi connectivity index (χ0) is 21.5. The number of alkyl halides is 3. The van der Waals surface area contributed by atoms with Gasteiger partial charge in [-0.05, 0) is 72.6 Å². The van der Waals surface area contributed by atoms with Gasteiger partial charge >= 0.3 is 6.18 Å². The van der Waals surface area contributed by atoms with E-state index in [1.165, 1.54) is 4.57 Å². The van der Waals surface area contributed by atoms with E-state index in [0.717, 1.165) is 58.1 Å². The number of rotatable bonds is 5. The van der Waals surface area contributed by atoms with Crippen molar-refractivity contribution in [1.82, 2.24) is 19.8 Å². The minimum absolute atomic E-state index is 0.135. The lowest BCUT2D eigenvalue weighted by atomic mass is 9.97. The number of piperidine rings is 1. The van der Waals surface area contributed by atoms with E-state index in [-0.39, 0.29) is 11.5 Å². The van der Waals surface area contributed by atoms with Gasteiger partial charge in [-0.25, -0.2) is 4.98 Å². The fraction of sp³-hybridized carbons (Fsp3) is 0.800. The van der Waals surface area contributed by atoms with Crippen molar-refractivity contribution in [2.45, 2.75) is 70.7 Å². The van der Waals surface area contributed by atoms with E-state index in [4.69, 9.17) is 0 Å². The van der Waals surface area contributed by atoms with Gasteiger partial charge in [-0.1, -0.05) is 0 Å². The van der Waals surface area contributed by atoms with Crippen LogP contribution in [0.4, 0.5) is 13.2 Å². The van der Waals surface area contributed by atoms with Gasteiger partial charge in [0.15, 0.2) is 0 Å². The van der Waals surface area contributed by atoms with Gasteiger partial charge in [-0.3, -0.25) is 4.79 Å². The van der Waals surface area contributed by atoms with Crippen LogP contribution in [-0.2, 0) is 22.3 Å². The quantitative estimate of drug-likeness (QED) is 0.743. The van der Waals surface area contributed by atoms with Gasteiger partial charge in [0.25, 0.3) is 6.47 Å². The fourth-order valence-electron chi connectivity index (χ4n) is 3.65. The first kappa shape index (κ1) is 23.7. The number of ether oxygens (including phenoxy) is 1. The molecule has 6 nitrogen and oxygen atoms in total. The predicted molar refractivity (Wildman–Crippen MR) is 105 cm³/mol. The first-order valence-corrected chi connectivity index (χ1v) is 10.3. The number of halogens is 3. The molecule has 1 aromatic rings. The lowest BCUT2D eigenvalue weighted by Crippen LogP contribution is -2.30. The highest BCUT2D eigenvalue weighted by Gasteiger charge is 2.37. The molecule has 0 aliphatic carbocycles. The number of carbonyl (C=O) groups excluding carboxylic acids is 1. The molecule has 0 saturated carbocycles. The van der Waals surface area contributed by atoms with Crippen molar-refractivity contribution in [3.8, 4) is 0 Å². The molecule has 0 radical (unpaired) electrons. The highest BCUT2D eigenvalue weighted by atomic mass is 19.4. The van der Waals surface area contributed by atoms with Crippen molar-refractivity contribution < 1.29 is 22.7 Å². The van der Waals surface area contributed by atoms with Gasteiger partial charge in [0.05, 0.1) is 6.20 Å². The van der Waals surface area contributed by atoms with Crippen LogP contribution in [0.25, 0.3) is 0 Å². The van der Waals surface area contributed by atoms with Crippen molar-refractivity contribution in [3.63, 3.8) is 0 Å². The number of nitrogens with one attached hydrogen (secondary N) is 1. The second-order valence-corrected chi connectivity index (χ2v) is 8.55. The number of nitrogens with zero attached hydrogens (tertiary/aromatic N) is 3. The van der Waals surface area contributed by atoms with E-state index in [9.17, 15) is 18.0 Å². The highest BCUT2D eigenvalue weighted by Crippen LogP contribution is 2.33. The summed E-state index contributed by atoms with van der Waals surface area (Å²) < 4.78 is 45.7. The third kappa shape index (κ3) is 7.62. The Morgan fingerprint density at radius 2 is 1.79 bits per heavy atom. The number of carbonyl (C=O) groups is 1. The molecule has 0 amide bonds. The van der Waals surface area contributed by atoms with Gasteiger partial charge < -0.3 is 19.5 Å². The monoisotopic (exact) mass is 418 g/mol. The molecule has 2 aliphatic rings. The Morgan fingerprint density at radius 3 is 2.28 bits per heavy atom. The summed E-state index contributed by atoms with van der Waals surface area (Å²) in [6.45, 7) is 10.7. The Bertz CT molecular complexity index is 629. The Balaban J connectivity index is 0.000000370. The maximum Gasteiger partial charge on any atom is 0.433 e. The van der Waals surface area contributed by atoms with E-state index in [1.54, 1.807) is 0 Å². The summed E-state index contributed by atoms with van der Waals surface area (Å²) in [6, 6.07) is 0. The Kier molecular flexibility index (Phi) is 8.51. The molecule has 0 unspecified atom stereocenters. The largest absolute Gasteiger partial charge is 0.462 e. The van der Waals surface area contributed by atoms with Gasteiger partial charge in [0.2, 0.25) is 0 Å². The van der Waals surface area contributed by atoms with E-state index in [2.05, 4.69) is 19.9 Å². The molecule has 2 saturated heterocycles. The van der Waals surface area contributed by atoms with Gasteiger partial charge in [0, 0.05) is 19.0 Å². The van der Waals surface area contributed by atoms with Crippen LogP contribution in [-0.4, -0.2) is 59.2 Å². The number of imidazole rings is 1. The lowest BCUT2D eigenvalue weighted by molar-refractivity contribution is -0.144. The maximum atomic E-state index is 13.2. The van der Waals surface area contributed by atoms with Crippen LogP contribution in [0.1, 0.15) is 63.9 Å². The van der Waals surface area contributed by atoms with Crippen molar-refractivity contribution >= 4 is 6.47 Å². The molecule has 2 fully saturated rings. The first-order valence-electron chi connectivity index (χ1n) is 10.3. The number of hydrogen-bond acceptors (Lipinski definition) is 5. The fourth-order valence-corrected chi connectivity index (χ4v) is 3.65. The van der Waals surface area contributed by atoms with Crippen LogP contribution in [0.2, 0.25) is 0 Å². The predicted octanol–water partition coefficient (Wildman–Crippen LogP) is 3.42. The molecule has 0 spiro atoms. The van der Waals surface area contributed by atoms with E-state index in [1.807, 2.05) is 20.8 Å². The topological polar surface area (TPSA) is 59.4 Å². The minimum Gasteiger partial charge on any atom is -0.462 e. The van der Waals surface area contributed by atoms with E-state index in [0.29, 0.717) is 25.4 Å². The Morgan fingerprint density at radius 1 is 1.17 bits per heavy atom. The molecule has 166 valence electrons. The standard InChI is InChI=1S/C15H23F3N4.C5H10O2/c16-15(17,18)13-11-20-14(12-3-5-19-6-4-12)22(13)10-9-21-7-1-2-8-21;1-5(2,3)7-4-6/h11-12,19H,1-10H2;4H,1-3H3. The minimum atomic E-state index is -4.33. The number of likely N-dealkylation sites (tertiary alicyclic amines) is 1. The van der Waals surface area contributed by atoms with Crippen LogP contribution >= 0.6 is 0 Å². The lowest BCUT2D eigenvalue weighted by Gasteiger charge is -2.25. The summed E-state index contributed by atoms with van der Waals surface area (Å²) >= 11 is 0. The molecule has 1 N–H and O–H groups in total. The molecule has 3 heterocycles. The molecule has 3 rings (SSSR count). The van der Waals surface area contributed by atoms with Crippen LogP contribution in [0.15, 0.2) is 6.20 Å². The van der Waals surface area contributed by atoms with Crippen LogP contribution in [0.3, 0.4) is 0 Å². The van der Waals surface area contributed by atoms with Crippen molar-refractivity contribution in [2.75, 3.05) is 32.7 Å². The summed E-state index contributed by atoms with van der Waals surface area (Å²) in [5, 5.41) is 3.25. The van der Waals surface area contributed by atoms with E-state index >= 15 is 0 Å². The Hall–Kier alpha value is -1.61. The average molecular weight is 419 g/mol. The molecule has 0 atom stereocenters. The van der Waals surface area contributed by atoms with Gasteiger partial charge in [0.1, 0.15) is 17.1 Å². The van der Waals surface area contributed by atoms with Gasteiger partial charge in [-0.15, -0.1) is 0 Å². The first-order chi connectivity index (χ1) is 13.6. The smallest absolute Gasteiger partial charge is 0.433 e. The summed E-state index contributed by atoms with van der Waals surface area (Å²) in [6.07, 6.45) is 0.703. The number of hydrogen-bond donors (Lipinski definition) is 1. The SMILES string of the molecule is CC(C)(C)OC=O.FC(F)(F)c1cnc(C2CCNCC2)n1CCN1CCCC1. The molecule has 9 heteroatoms. The third-order valence-electron chi connectivity index (χ3n) is 5.12. The van der Waals surface area contributed by atoms with Crippen LogP contribution in [0, 0.1) is 0 Å². The number of aromatic nitrogens is 2. The Labute approximate surface area is 170 Å².